The minimum Gasteiger partial charge on any atom is -0.442 e. The van der Waals surface area contributed by atoms with Gasteiger partial charge in [-0.3, -0.25) is 9.11 Å². The molecule has 2 aliphatic rings. The van der Waals surface area contributed by atoms with E-state index < -0.39 is 28.8 Å². The van der Waals surface area contributed by atoms with Crippen molar-refractivity contribution in [1.82, 2.24) is 5.01 Å². The molecule has 152 valence electrons. The van der Waals surface area contributed by atoms with Crippen LogP contribution in [0.5, 0.6) is 0 Å². The van der Waals surface area contributed by atoms with E-state index in [1.807, 2.05) is 4.90 Å². The largest absolute Gasteiger partial charge is 0.442 e. The van der Waals surface area contributed by atoms with Gasteiger partial charge in [0.05, 0.1) is 30.7 Å². The van der Waals surface area contributed by atoms with Crippen molar-refractivity contribution in [3.05, 3.63) is 47.9 Å². The Morgan fingerprint density at radius 1 is 1.46 bits per heavy atom. The van der Waals surface area contributed by atoms with Gasteiger partial charge in [-0.1, -0.05) is 6.08 Å². The Kier molecular flexibility index (Phi) is 6.65. The summed E-state index contributed by atoms with van der Waals surface area (Å²) in [6, 6.07) is 4.72. The van der Waals surface area contributed by atoms with Crippen molar-refractivity contribution in [2.24, 2.45) is 5.84 Å². The summed E-state index contributed by atoms with van der Waals surface area (Å²) in [5.41, 5.74) is 4.46. The van der Waals surface area contributed by atoms with E-state index in [9.17, 15) is 13.4 Å². The number of nitrogens with zero attached hydrogens (tertiary/aromatic N) is 3. The van der Waals surface area contributed by atoms with Gasteiger partial charge in [-0.15, -0.1) is 0 Å². The van der Waals surface area contributed by atoms with E-state index in [0.29, 0.717) is 36.8 Å². The number of hydrogen-bond donors (Lipinski definition) is 2. The van der Waals surface area contributed by atoms with E-state index >= 15 is 0 Å². The van der Waals surface area contributed by atoms with Crippen LogP contribution in [0.3, 0.4) is 0 Å². The molecule has 10 heteroatoms. The molecular formula is C18H25FN5O3S+. The summed E-state index contributed by atoms with van der Waals surface area (Å²) in [5, 5.41) is 3.05. The molecule has 5 N–H and O–H groups in total. The molecule has 8 nitrogen and oxygen atoms in total. The highest BCUT2D eigenvalue weighted by atomic mass is 32.2. The van der Waals surface area contributed by atoms with Crippen LogP contribution in [0.4, 0.5) is 20.6 Å². The third-order valence-electron chi connectivity index (χ3n) is 4.52. The maximum Gasteiger partial charge on any atom is 0.414 e. The molecule has 1 aromatic rings. The quantitative estimate of drug-likeness (QED) is 0.541. The predicted molar refractivity (Wildman–Crippen MR) is 106 cm³/mol. The minimum atomic E-state index is -0.943. The molecule has 0 bridgehead atoms. The molecule has 2 atom stereocenters. The molecule has 3 rings (SSSR count). The molecule has 2 heterocycles. The third kappa shape index (κ3) is 4.89. The molecule has 1 fully saturated rings. The summed E-state index contributed by atoms with van der Waals surface area (Å²) in [6.07, 6.45) is 4.69. The molecule has 0 aromatic heterocycles. The van der Waals surface area contributed by atoms with E-state index in [4.69, 9.17) is 10.6 Å². The van der Waals surface area contributed by atoms with Gasteiger partial charge in [0.1, 0.15) is 18.1 Å². The van der Waals surface area contributed by atoms with Gasteiger partial charge in [0, 0.05) is 35.0 Å². The van der Waals surface area contributed by atoms with Gasteiger partial charge in [0.2, 0.25) is 0 Å². The standard InChI is InChI=1S/C18H24FN5O3S/c19-16-11-14(24-13-15(27-18(24)25)12-23(21)8-5-20)3-4-17(16)22-6-1-9-28(26)10-2-7-22/h1,3-5,8-9,11,15H,2,6-7,10,12-13,20-21H2/p+1. The van der Waals surface area contributed by atoms with Gasteiger partial charge >= 0.3 is 6.09 Å². The van der Waals surface area contributed by atoms with E-state index in [1.165, 1.54) is 16.0 Å². The average molecular weight is 410 g/mol. The maximum atomic E-state index is 14.8. The monoisotopic (exact) mass is 410 g/mol. The van der Waals surface area contributed by atoms with Gasteiger partial charge in [-0.2, -0.15) is 0 Å². The van der Waals surface area contributed by atoms with Crippen molar-refractivity contribution >= 4 is 28.3 Å². The molecule has 28 heavy (non-hydrogen) atoms. The first-order chi connectivity index (χ1) is 13.5. The van der Waals surface area contributed by atoms with Crippen molar-refractivity contribution in [2.75, 3.05) is 41.7 Å². The number of carbonyl (C=O) groups is 1. The highest BCUT2D eigenvalue weighted by molar-refractivity contribution is 7.87. The number of hydrogen-bond acceptors (Lipinski definition) is 6. The fourth-order valence-electron chi connectivity index (χ4n) is 3.23. The summed E-state index contributed by atoms with van der Waals surface area (Å²) >= 11 is 0. The molecule has 2 unspecified atom stereocenters. The zero-order chi connectivity index (χ0) is 20.1. The molecule has 0 saturated carbocycles. The number of halogens is 1. The lowest BCUT2D eigenvalue weighted by molar-refractivity contribution is -0.276. The molecule has 1 amide bonds. The average Bonchev–Trinajstić information content (AvgIpc) is 2.98. The van der Waals surface area contributed by atoms with E-state index in [0.717, 1.165) is 6.42 Å². The van der Waals surface area contributed by atoms with Gasteiger partial charge < -0.3 is 20.4 Å². The first-order valence-electron chi connectivity index (χ1n) is 9.01. The summed E-state index contributed by atoms with van der Waals surface area (Å²) in [5.74, 6) is 5.91. The summed E-state index contributed by atoms with van der Waals surface area (Å²) < 4.78 is 31.7. The molecule has 0 aliphatic carbocycles. The molecule has 0 radical (unpaired) electrons. The van der Waals surface area contributed by atoms with E-state index in [1.54, 1.807) is 36.0 Å². The van der Waals surface area contributed by atoms with Crippen LogP contribution >= 0.6 is 0 Å². The topological polar surface area (TPSA) is 107 Å². The van der Waals surface area contributed by atoms with Gasteiger partial charge in [0.25, 0.3) is 0 Å². The first-order valence-corrected chi connectivity index (χ1v) is 10.4. The van der Waals surface area contributed by atoms with Crippen molar-refractivity contribution in [1.29, 1.82) is 0 Å². The molecular weight excluding hydrogens is 385 g/mol. The fraction of sp³-hybridized carbons (Fsp3) is 0.389. The number of carbonyl (C=O) groups excluding carboxylic acids is 1. The first kappa shape index (κ1) is 20.3. The zero-order valence-corrected chi connectivity index (χ0v) is 16.3. The second kappa shape index (κ2) is 9.18. The number of rotatable bonds is 5. The Bertz CT molecular complexity index is 803. The van der Waals surface area contributed by atoms with Crippen molar-refractivity contribution < 1.29 is 23.9 Å². The number of amides is 1. The third-order valence-corrected chi connectivity index (χ3v) is 5.70. The molecule has 2 aliphatic heterocycles. The Balaban J connectivity index is 1.70. The number of nitrogens with two attached hydrogens (primary N) is 1. The van der Waals surface area contributed by atoms with Gasteiger partial charge in [0.15, 0.2) is 0 Å². The lowest BCUT2D eigenvalue weighted by Gasteiger charge is -2.25. The Labute approximate surface area is 165 Å². The minimum absolute atomic E-state index is 0.286. The van der Waals surface area contributed by atoms with Gasteiger partial charge in [-0.25, -0.2) is 15.0 Å². The van der Waals surface area contributed by atoms with Crippen molar-refractivity contribution in [3.8, 4) is 0 Å². The number of anilines is 2. The summed E-state index contributed by atoms with van der Waals surface area (Å²) in [4.78, 5) is 15.5. The van der Waals surface area contributed by atoms with E-state index in [-0.39, 0.29) is 6.54 Å². The van der Waals surface area contributed by atoms with Crippen LogP contribution < -0.4 is 21.4 Å². The van der Waals surface area contributed by atoms with Crippen LogP contribution in [-0.4, -0.2) is 53.3 Å². The Morgan fingerprint density at radius 3 is 3.04 bits per heavy atom. The lowest BCUT2D eigenvalue weighted by atomic mass is 10.2. The van der Waals surface area contributed by atoms with Crippen LogP contribution in [0.2, 0.25) is 0 Å². The number of benzene rings is 1. The lowest BCUT2D eigenvalue weighted by Crippen LogP contribution is -2.42. The number of cyclic esters (lactones) is 1. The summed E-state index contributed by atoms with van der Waals surface area (Å²) in [6.45, 7) is 1.71. The van der Waals surface area contributed by atoms with Gasteiger partial charge in [-0.05, 0) is 24.6 Å². The molecule has 1 saturated heterocycles. The second-order valence-corrected chi connectivity index (χ2v) is 8.03. The predicted octanol–water partition coefficient (Wildman–Crippen LogP) is 0.512. The van der Waals surface area contributed by atoms with Crippen LogP contribution in [0.15, 0.2) is 42.1 Å². The van der Waals surface area contributed by atoms with Crippen LogP contribution in [0, 0.1) is 5.82 Å². The summed E-state index contributed by atoms with van der Waals surface area (Å²) in [7, 11) is -0.943. The fourth-order valence-corrected chi connectivity index (χ4v) is 4.08. The van der Waals surface area contributed by atoms with Crippen LogP contribution in [0.1, 0.15) is 6.42 Å². The second-order valence-electron chi connectivity index (χ2n) is 6.59. The molecule has 0 spiro atoms. The highest BCUT2D eigenvalue weighted by Crippen LogP contribution is 2.28. The number of ether oxygens (including phenoxy) is 1. The smallest absolute Gasteiger partial charge is 0.414 e. The Morgan fingerprint density at radius 2 is 2.29 bits per heavy atom. The van der Waals surface area contributed by atoms with Crippen LogP contribution in [-0.2, 0) is 15.5 Å². The van der Waals surface area contributed by atoms with Crippen molar-refractivity contribution in [2.45, 2.75) is 12.5 Å². The van der Waals surface area contributed by atoms with Crippen LogP contribution in [0.25, 0.3) is 0 Å². The SMILES string of the molecule is NN(C=C[NH3+])CC1CN(c2ccc(N3CC=CS(=O)CCC3)c(F)c2)C(=O)O1. The van der Waals surface area contributed by atoms with E-state index in [2.05, 4.69) is 5.73 Å². The number of quaternary nitrogens is 1. The highest BCUT2D eigenvalue weighted by Gasteiger charge is 2.33. The van der Waals surface area contributed by atoms with Crippen molar-refractivity contribution in [3.63, 3.8) is 0 Å². The number of hydrazine groups is 1. The normalized spacial score (nSPS) is 23.0. The Hall–Kier alpha value is -2.43. The zero-order valence-electron chi connectivity index (χ0n) is 15.5. The maximum absolute atomic E-state index is 14.8. The molecule has 1 aromatic carbocycles.